The van der Waals surface area contributed by atoms with Gasteiger partial charge in [0, 0.05) is 29.3 Å². The molecule has 2 aromatic carbocycles. The summed E-state index contributed by atoms with van der Waals surface area (Å²) in [6, 6.07) is 14.3. The molecule has 0 aliphatic carbocycles. The minimum atomic E-state index is -3.10. The molecule has 1 amide bonds. The predicted octanol–water partition coefficient (Wildman–Crippen LogP) is 3.53. The van der Waals surface area contributed by atoms with Crippen LogP contribution in [0.4, 0.5) is 0 Å². The van der Waals surface area contributed by atoms with Crippen LogP contribution >= 0.6 is 0 Å². The molecule has 160 valence electrons. The van der Waals surface area contributed by atoms with Crippen LogP contribution in [0.1, 0.15) is 22.3 Å². The van der Waals surface area contributed by atoms with Crippen molar-refractivity contribution in [2.24, 2.45) is 0 Å². The second kappa shape index (κ2) is 8.47. The number of carbonyl (C=O) groups excluding carboxylic acids is 1. The van der Waals surface area contributed by atoms with Gasteiger partial charge in [0.05, 0.1) is 11.5 Å². The summed E-state index contributed by atoms with van der Waals surface area (Å²) in [6.07, 6.45) is 2.06. The highest BCUT2D eigenvalue weighted by atomic mass is 32.2. The average molecular weight is 438 g/mol. The van der Waals surface area contributed by atoms with Crippen molar-refractivity contribution in [3.05, 3.63) is 72.3 Å². The Kier molecular flexibility index (Phi) is 5.73. The first-order valence-corrected chi connectivity index (χ1v) is 11.8. The van der Waals surface area contributed by atoms with Gasteiger partial charge in [0.25, 0.3) is 5.91 Å². The van der Waals surface area contributed by atoms with E-state index in [1.165, 1.54) is 0 Å². The average Bonchev–Trinajstić information content (AvgIpc) is 3.38. The Balaban J connectivity index is 1.54. The van der Waals surface area contributed by atoms with E-state index in [0.29, 0.717) is 35.9 Å². The fourth-order valence-electron chi connectivity index (χ4n) is 3.74. The highest BCUT2D eigenvalue weighted by Crippen LogP contribution is 2.27. The lowest BCUT2D eigenvalue weighted by molar-refractivity contribution is 0.0720. The Morgan fingerprint density at radius 3 is 2.52 bits per heavy atom. The van der Waals surface area contributed by atoms with Gasteiger partial charge in [-0.25, -0.2) is 8.42 Å². The molecular weight excluding hydrogens is 414 g/mol. The minimum absolute atomic E-state index is 0.00563. The molecule has 31 heavy (non-hydrogen) atoms. The molecule has 1 saturated heterocycles. The number of hydrogen-bond donors (Lipinski definition) is 0. The zero-order valence-electron chi connectivity index (χ0n) is 17.2. The lowest BCUT2D eigenvalue weighted by atomic mass is 10.1. The SMILES string of the molecule is C=CCN(C(=O)c1ccc(-c2nnc(-c3ccccc3C)o2)cc1)C1CCS(=O)(=O)C1. The number of hydrogen-bond acceptors (Lipinski definition) is 6. The van der Waals surface area contributed by atoms with Crippen LogP contribution < -0.4 is 0 Å². The number of sulfone groups is 1. The normalized spacial score (nSPS) is 17.4. The monoisotopic (exact) mass is 437 g/mol. The van der Waals surface area contributed by atoms with Gasteiger partial charge < -0.3 is 9.32 Å². The molecule has 0 radical (unpaired) electrons. The van der Waals surface area contributed by atoms with Crippen LogP contribution in [0.2, 0.25) is 0 Å². The first-order chi connectivity index (χ1) is 14.9. The van der Waals surface area contributed by atoms with Gasteiger partial charge in [-0.2, -0.15) is 0 Å². The Labute approximate surface area is 181 Å². The van der Waals surface area contributed by atoms with Gasteiger partial charge in [0.2, 0.25) is 11.8 Å². The van der Waals surface area contributed by atoms with E-state index < -0.39 is 9.84 Å². The maximum atomic E-state index is 13.0. The van der Waals surface area contributed by atoms with E-state index in [0.717, 1.165) is 11.1 Å². The van der Waals surface area contributed by atoms with Crippen LogP contribution in [0.15, 0.2) is 65.6 Å². The molecule has 1 fully saturated rings. The van der Waals surface area contributed by atoms with Crippen LogP contribution in [0, 0.1) is 6.92 Å². The summed E-state index contributed by atoms with van der Waals surface area (Å²) in [5.74, 6) is 0.682. The molecule has 7 nitrogen and oxygen atoms in total. The van der Waals surface area contributed by atoms with Crippen LogP contribution in [-0.4, -0.2) is 53.5 Å². The smallest absolute Gasteiger partial charge is 0.254 e. The lowest BCUT2D eigenvalue weighted by Gasteiger charge is -2.27. The van der Waals surface area contributed by atoms with E-state index in [4.69, 9.17) is 4.42 Å². The highest BCUT2D eigenvalue weighted by Gasteiger charge is 2.34. The van der Waals surface area contributed by atoms with Crippen molar-refractivity contribution in [1.29, 1.82) is 0 Å². The summed E-state index contributed by atoms with van der Waals surface area (Å²) < 4.78 is 29.5. The zero-order chi connectivity index (χ0) is 22.0. The molecule has 1 aromatic heterocycles. The summed E-state index contributed by atoms with van der Waals surface area (Å²) in [7, 11) is -3.10. The zero-order valence-corrected chi connectivity index (χ0v) is 18.0. The highest BCUT2D eigenvalue weighted by molar-refractivity contribution is 7.91. The van der Waals surface area contributed by atoms with E-state index in [2.05, 4.69) is 16.8 Å². The first kappa shape index (κ1) is 21.0. The molecule has 1 aliphatic heterocycles. The van der Waals surface area contributed by atoms with Gasteiger partial charge in [0.15, 0.2) is 9.84 Å². The van der Waals surface area contributed by atoms with Crippen LogP contribution in [0.5, 0.6) is 0 Å². The number of benzene rings is 2. The number of amides is 1. The summed E-state index contributed by atoms with van der Waals surface area (Å²) in [5.41, 5.74) is 3.07. The molecule has 3 aromatic rings. The summed E-state index contributed by atoms with van der Waals surface area (Å²) in [4.78, 5) is 14.6. The maximum absolute atomic E-state index is 13.0. The molecule has 1 atom stereocenters. The Morgan fingerprint density at radius 2 is 1.87 bits per heavy atom. The second-order valence-electron chi connectivity index (χ2n) is 7.61. The number of aryl methyl sites for hydroxylation is 1. The van der Waals surface area contributed by atoms with Gasteiger partial charge >= 0.3 is 0 Å². The van der Waals surface area contributed by atoms with E-state index >= 15 is 0 Å². The molecule has 0 N–H and O–H groups in total. The third-order valence-electron chi connectivity index (χ3n) is 5.42. The summed E-state index contributed by atoms with van der Waals surface area (Å²) in [5, 5.41) is 8.27. The van der Waals surface area contributed by atoms with Crippen molar-refractivity contribution in [2.45, 2.75) is 19.4 Å². The molecule has 8 heteroatoms. The quantitative estimate of drug-likeness (QED) is 0.548. The topological polar surface area (TPSA) is 93.4 Å². The van der Waals surface area contributed by atoms with Crippen LogP contribution in [0.3, 0.4) is 0 Å². The lowest BCUT2D eigenvalue weighted by Crippen LogP contribution is -2.41. The molecule has 4 rings (SSSR count). The second-order valence-corrected chi connectivity index (χ2v) is 9.84. The largest absolute Gasteiger partial charge is 0.416 e. The Bertz CT molecular complexity index is 1220. The molecular formula is C23H23N3O4S. The van der Waals surface area contributed by atoms with Crippen molar-refractivity contribution in [3.8, 4) is 22.9 Å². The van der Waals surface area contributed by atoms with Gasteiger partial charge in [-0.3, -0.25) is 4.79 Å². The van der Waals surface area contributed by atoms with Gasteiger partial charge in [-0.05, 0) is 49.2 Å². The number of rotatable bonds is 6. The van der Waals surface area contributed by atoms with E-state index in [1.807, 2.05) is 31.2 Å². The fourth-order valence-corrected chi connectivity index (χ4v) is 5.47. The molecule has 0 spiro atoms. The summed E-state index contributed by atoms with van der Waals surface area (Å²) >= 11 is 0. The fraction of sp³-hybridized carbons (Fsp3) is 0.261. The van der Waals surface area contributed by atoms with E-state index in [1.54, 1.807) is 35.2 Å². The maximum Gasteiger partial charge on any atom is 0.254 e. The summed E-state index contributed by atoms with van der Waals surface area (Å²) in [6.45, 7) is 5.97. The van der Waals surface area contributed by atoms with E-state index in [9.17, 15) is 13.2 Å². The first-order valence-electron chi connectivity index (χ1n) is 10.0. The van der Waals surface area contributed by atoms with Gasteiger partial charge in [-0.1, -0.05) is 24.3 Å². The van der Waals surface area contributed by atoms with E-state index in [-0.39, 0.29) is 23.5 Å². The molecule has 2 heterocycles. The number of aromatic nitrogens is 2. The van der Waals surface area contributed by atoms with Crippen molar-refractivity contribution < 1.29 is 17.6 Å². The van der Waals surface area contributed by atoms with Crippen LogP contribution in [0.25, 0.3) is 22.9 Å². The molecule has 1 unspecified atom stereocenters. The van der Waals surface area contributed by atoms with Crippen molar-refractivity contribution >= 4 is 15.7 Å². The van der Waals surface area contributed by atoms with Crippen molar-refractivity contribution in [1.82, 2.24) is 15.1 Å². The number of carbonyl (C=O) groups is 1. The van der Waals surface area contributed by atoms with Gasteiger partial charge in [0.1, 0.15) is 0 Å². The molecule has 1 aliphatic rings. The Hall–Kier alpha value is -3.26. The minimum Gasteiger partial charge on any atom is -0.416 e. The third-order valence-corrected chi connectivity index (χ3v) is 7.17. The third kappa shape index (κ3) is 4.44. The van der Waals surface area contributed by atoms with Crippen molar-refractivity contribution in [3.63, 3.8) is 0 Å². The predicted molar refractivity (Wildman–Crippen MR) is 118 cm³/mol. The molecule has 0 saturated carbocycles. The van der Waals surface area contributed by atoms with Crippen molar-refractivity contribution in [2.75, 3.05) is 18.1 Å². The Morgan fingerprint density at radius 1 is 1.16 bits per heavy atom. The molecule has 0 bridgehead atoms. The van der Waals surface area contributed by atoms with Crippen LogP contribution in [-0.2, 0) is 9.84 Å². The van der Waals surface area contributed by atoms with Gasteiger partial charge in [-0.15, -0.1) is 16.8 Å². The number of nitrogens with zero attached hydrogens (tertiary/aromatic N) is 3. The standard InChI is InChI=1S/C23H23N3O4S/c1-3-13-26(19-12-14-31(28,29)15-19)23(27)18-10-8-17(9-11-18)21-24-25-22(30-21)20-7-5-4-6-16(20)2/h3-11,19H,1,12-15H2,2H3.